The number of carbonyl (C=O) groups is 1. The molecule has 0 heterocycles. The van der Waals surface area contributed by atoms with E-state index in [0.29, 0.717) is 18.6 Å². The lowest BCUT2D eigenvalue weighted by Crippen LogP contribution is -2.06. The molecule has 1 aromatic carbocycles. The third-order valence-corrected chi connectivity index (χ3v) is 2.32. The van der Waals surface area contributed by atoms with Crippen molar-refractivity contribution in [2.45, 2.75) is 12.8 Å². The summed E-state index contributed by atoms with van der Waals surface area (Å²) in [6, 6.07) is 7.37. The molecule has 0 aromatic heterocycles. The maximum absolute atomic E-state index is 11.2. The van der Waals surface area contributed by atoms with Crippen molar-refractivity contribution < 1.29 is 9.53 Å². The predicted octanol–water partition coefficient (Wildman–Crippen LogP) is 3.16. The summed E-state index contributed by atoms with van der Waals surface area (Å²) in [6.45, 7) is 3.54. The minimum absolute atomic E-state index is 0.217. The van der Waals surface area contributed by atoms with Gasteiger partial charge in [-0.25, -0.2) is 0 Å². The van der Waals surface area contributed by atoms with Gasteiger partial charge < -0.3 is 4.74 Å². The molecule has 74 valence electrons. The van der Waals surface area contributed by atoms with Gasteiger partial charge in [0.2, 0.25) is 0 Å². The number of carbonyl (C=O) groups excluding carboxylic acids is 1. The molecule has 0 aliphatic carbocycles. The van der Waals surface area contributed by atoms with Crippen molar-refractivity contribution in [2.75, 3.05) is 0 Å². The highest BCUT2D eigenvalue weighted by atomic mass is 127. The van der Waals surface area contributed by atoms with Crippen LogP contribution in [-0.4, -0.2) is 5.97 Å². The third-order valence-electron chi connectivity index (χ3n) is 1.60. The first-order valence-corrected chi connectivity index (χ1v) is 5.37. The first kappa shape index (κ1) is 11.2. The highest BCUT2D eigenvalue weighted by Gasteiger charge is 2.02. The molecule has 0 aliphatic rings. The largest absolute Gasteiger partial charge is 0.427 e. The normalized spacial score (nSPS) is 9.50. The third kappa shape index (κ3) is 3.91. The molecular formula is C11H11IO2. The zero-order valence-electron chi connectivity index (χ0n) is 7.70. The monoisotopic (exact) mass is 302 g/mol. The number of esters is 1. The average Bonchev–Trinajstić information content (AvgIpc) is 2.18. The molecule has 0 spiro atoms. The van der Waals surface area contributed by atoms with E-state index in [-0.39, 0.29) is 5.97 Å². The van der Waals surface area contributed by atoms with Crippen molar-refractivity contribution in [1.29, 1.82) is 0 Å². The van der Waals surface area contributed by atoms with E-state index < -0.39 is 0 Å². The number of hydrogen-bond acceptors (Lipinski definition) is 2. The molecular weight excluding hydrogens is 291 g/mol. The summed E-state index contributed by atoms with van der Waals surface area (Å²) in [5.41, 5.74) is 0. The zero-order chi connectivity index (χ0) is 10.4. The Morgan fingerprint density at radius 2 is 2.07 bits per heavy atom. The van der Waals surface area contributed by atoms with E-state index in [4.69, 9.17) is 4.74 Å². The molecule has 1 aromatic rings. The lowest BCUT2D eigenvalue weighted by Gasteiger charge is -2.02. The van der Waals surface area contributed by atoms with E-state index in [1.165, 1.54) is 0 Å². The Labute approximate surface area is 97.1 Å². The fourth-order valence-electron chi connectivity index (χ4n) is 0.905. The van der Waals surface area contributed by atoms with E-state index in [2.05, 4.69) is 29.2 Å². The van der Waals surface area contributed by atoms with Gasteiger partial charge in [0.05, 0.1) is 0 Å². The van der Waals surface area contributed by atoms with Crippen LogP contribution in [0, 0.1) is 3.57 Å². The lowest BCUT2D eigenvalue weighted by atomic mass is 10.3. The summed E-state index contributed by atoms with van der Waals surface area (Å²) < 4.78 is 6.20. The summed E-state index contributed by atoms with van der Waals surface area (Å²) in [5.74, 6) is 0.380. The summed E-state index contributed by atoms with van der Waals surface area (Å²) >= 11 is 2.20. The summed E-state index contributed by atoms with van der Waals surface area (Å²) in [7, 11) is 0. The van der Waals surface area contributed by atoms with Crippen molar-refractivity contribution >= 4 is 28.6 Å². The van der Waals surface area contributed by atoms with Gasteiger partial charge in [-0.2, -0.15) is 0 Å². The molecule has 1 rings (SSSR count). The van der Waals surface area contributed by atoms with Crippen LogP contribution in [0.15, 0.2) is 36.9 Å². The molecule has 14 heavy (non-hydrogen) atoms. The average molecular weight is 302 g/mol. The molecule has 0 N–H and O–H groups in total. The molecule has 0 amide bonds. The van der Waals surface area contributed by atoms with Crippen molar-refractivity contribution in [3.8, 4) is 5.75 Å². The predicted molar refractivity (Wildman–Crippen MR) is 64.2 cm³/mol. The highest BCUT2D eigenvalue weighted by molar-refractivity contribution is 14.1. The van der Waals surface area contributed by atoms with Crippen molar-refractivity contribution in [1.82, 2.24) is 0 Å². The molecule has 3 heteroatoms. The molecule has 0 saturated heterocycles. The Morgan fingerprint density at radius 3 is 2.64 bits per heavy atom. The molecule has 0 saturated carbocycles. The van der Waals surface area contributed by atoms with Crippen LogP contribution in [0.3, 0.4) is 0 Å². The zero-order valence-corrected chi connectivity index (χ0v) is 9.86. The number of benzene rings is 1. The molecule has 2 nitrogen and oxygen atoms in total. The van der Waals surface area contributed by atoms with Crippen molar-refractivity contribution in [3.63, 3.8) is 0 Å². The summed E-state index contributed by atoms with van der Waals surface area (Å²) in [5, 5.41) is 0. The molecule has 0 radical (unpaired) electrons. The number of allylic oxidation sites excluding steroid dienone is 1. The molecule has 0 aliphatic heterocycles. The summed E-state index contributed by atoms with van der Waals surface area (Å²) in [6.07, 6.45) is 2.74. The second-order valence-corrected chi connectivity index (χ2v) is 4.00. The van der Waals surface area contributed by atoms with Gasteiger partial charge in [-0.1, -0.05) is 6.08 Å². The van der Waals surface area contributed by atoms with Gasteiger partial charge in [-0.05, 0) is 53.3 Å². The SMILES string of the molecule is C=CCCC(=O)Oc1ccc(I)cc1. The van der Waals surface area contributed by atoms with Crippen LogP contribution in [0.25, 0.3) is 0 Å². The topological polar surface area (TPSA) is 26.3 Å². The fourth-order valence-corrected chi connectivity index (χ4v) is 1.26. The van der Waals surface area contributed by atoms with Crippen LogP contribution in [0.5, 0.6) is 5.75 Å². The maximum Gasteiger partial charge on any atom is 0.311 e. The second-order valence-electron chi connectivity index (χ2n) is 2.76. The van der Waals surface area contributed by atoms with Gasteiger partial charge >= 0.3 is 5.97 Å². The molecule has 0 fully saturated rings. The van der Waals surface area contributed by atoms with Crippen molar-refractivity contribution in [3.05, 3.63) is 40.5 Å². The van der Waals surface area contributed by atoms with Crippen LogP contribution >= 0.6 is 22.6 Å². The van der Waals surface area contributed by atoms with Gasteiger partial charge in [-0.15, -0.1) is 6.58 Å². The van der Waals surface area contributed by atoms with Gasteiger partial charge in [0.1, 0.15) is 5.75 Å². The van der Waals surface area contributed by atoms with Gasteiger partial charge in [0, 0.05) is 9.99 Å². The number of halogens is 1. The Kier molecular flexibility index (Phi) is 4.65. The van der Waals surface area contributed by atoms with E-state index >= 15 is 0 Å². The fraction of sp³-hybridized carbons (Fsp3) is 0.182. The Hall–Kier alpha value is -0.840. The lowest BCUT2D eigenvalue weighted by molar-refractivity contribution is -0.134. The van der Waals surface area contributed by atoms with E-state index in [1.54, 1.807) is 18.2 Å². The molecule has 0 unspecified atom stereocenters. The van der Waals surface area contributed by atoms with E-state index in [9.17, 15) is 4.79 Å². The first-order chi connectivity index (χ1) is 6.72. The minimum Gasteiger partial charge on any atom is -0.427 e. The number of rotatable bonds is 4. The van der Waals surface area contributed by atoms with Crippen LogP contribution in [0.2, 0.25) is 0 Å². The smallest absolute Gasteiger partial charge is 0.311 e. The van der Waals surface area contributed by atoms with E-state index in [0.717, 1.165) is 3.57 Å². The van der Waals surface area contributed by atoms with E-state index in [1.807, 2.05) is 12.1 Å². The minimum atomic E-state index is -0.217. The second kappa shape index (κ2) is 5.80. The van der Waals surface area contributed by atoms with Crippen LogP contribution < -0.4 is 4.74 Å². The standard InChI is InChI=1S/C11H11IO2/c1-2-3-4-11(13)14-10-7-5-9(12)6-8-10/h2,5-8H,1,3-4H2. The highest BCUT2D eigenvalue weighted by Crippen LogP contribution is 2.14. The summed E-state index contributed by atoms with van der Waals surface area (Å²) in [4.78, 5) is 11.2. The van der Waals surface area contributed by atoms with Crippen molar-refractivity contribution in [2.24, 2.45) is 0 Å². The van der Waals surface area contributed by atoms with Crippen LogP contribution in [-0.2, 0) is 4.79 Å². The van der Waals surface area contributed by atoms with Crippen LogP contribution in [0.4, 0.5) is 0 Å². The number of hydrogen-bond donors (Lipinski definition) is 0. The van der Waals surface area contributed by atoms with Crippen LogP contribution in [0.1, 0.15) is 12.8 Å². The Bertz CT molecular complexity index is 317. The Balaban J connectivity index is 2.47. The maximum atomic E-state index is 11.2. The first-order valence-electron chi connectivity index (χ1n) is 4.29. The van der Waals surface area contributed by atoms with Gasteiger partial charge in [0.25, 0.3) is 0 Å². The van der Waals surface area contributed by atoms with Gasteiger partial charge in [-0.3, -0.25) is 4.79 Å². The number of ether oxygens (including phenoxy) is 1. The van der Waals surface area contributed by atoms with Gasteiger partial charge in [0.15, 0.2) is 0 Å². The molecule has 0 atom stereocenters. The molecule has 0 bridgehead atoms. The quantitative estimate of drug-likeness (QED) is 0.369. The Morgan fingerprint density at radius 1 is 1.43 bits per heavy atom.